The highest BCUT2D eigenvalue weighted by Crippen LogP contribution is 2.24. The van der Waals surface area contributed by atoms with Crippen molar-refractivity contribution in [1.82, 2.24) is 10.2 Å². The first-order valence-corrected chi connectivity index (χ1v) is 4.97. The molecule has 1 aliphatic carbocycles. The van der Waals surface area contributed by atoms with Gasteiger partial charge in [0.15, 0.2) is 0 Å². The number of nitriles is 1. The van der Waals surface area contributed by atoms with E-state index in [-0.39, 0.29) is 17.9 Å². The van der Waals surface area contributed by atoms with Crippen molar-refractivity contribution in [1.29, 1.82) is 5.26 Å². The monoisotopic (exact) mass is 195 g/mol. The molecule has 4 heteroatoms. The fourth-order valence-corrected chi connectivity index (χ4v) is 1.83. The van der Waals surface area contributed by atoms with Crippen LogP contribution in [-0.2, 0) is 4.79 Å². The van der Waals surface area contributed by atoms with Crippen molar-refractivity contribution in [3.05, 3.63) is 0 Å². The Bertz CT molecular complexity index is 244. The van der Waals surface area contributed by atoms with Crippen LogP contribution in [0.4, 0.5) is 0 Å². The zero-order valence-electron chi connectivity index (χ0n) is 8.79. The van der Waals surface area contributed by atoms with Crippen LogP contribution in [0.15, 0.2) is 0 Å². The summed E-state index contributed by atoms with van der Waals surface area (Å²) in [5.41, 5.74) is 0. The predicted molar refractivity (Wildman–Crippen MR) is 53.4 cm³/mol. The van der Waals surface area contributed by atoms with Gasteiger partial charge in [0.05, 0.1) is 18.5 Å². The van der Waals surface area contributed by atoms with Crippen LogP contribution in [0.2, 0.25) is 0 Å². The van der Waals surface area contributed by atoms with Gasteiger partial charge in [0.1, 0.15) is 0 Å². The summed E-state index contributed by atoms with van der Waals surface area (Å²) < 4.78 is 0. The van der Waals surface area contributed by atoms with Gasteiger partial charge in [-0.25, -0.2) is 0 Å². The Morgan fingerprint density at radius 1 is 1.57 bits per heavy atom. The smallest absolute Gasteiger partial charge is 0.234 e. The summed E-state index contributed by atoms with van der Waals surface area (Å²) in [5, 5.41) is 11.7. The third-order valence-corrected chi connectivity index (χ3v) is 2.49. The van der Waals surface area contributed by atoms with E-state index in [1.165, 1.54) is 0 Å². The van der Waals surface area contributed by atoms with Gasteiger partial charge in [0, 0.05) is 6.04 Å². The molecular weight excluding hydrogens is 178 g/mol. The van der Waals surface area contributed by atoms with E-state index in [2.05, 4.69) is 11.4 Å². The molecular formula is C10H17N3O. The van der Waals surface area contributed by atoms with Crippen LogP contribution < -0.4 is 5.32 Å². The molecule has 2 atom stereocenters. The number of carbonyl (C=O) groups excluding carboxylic acids is 1. The van der Waals surface area contributed by atoms with Crippen LogP contribution in [0.25, 0.3) is 0 Å². The van der Waals surface area contributed by atoms with Crippen molar-refractivity contribution in [3.8, 4) is 6.07 Å². The van der Waals surface area contributed by atoms with Crippen LogP contribution in [-0.4, -0.2) is 37.5 Å². The van der Waals surface area contributed by atoms with Crippen molar-refractivity contribution in [2.45, 2.75) is 25.3 Å². The molecule has 0 aromatic heterocycles. The summed E-state index contributed by atoms with van der Waals surface area (Å²) in [6.07, 6.45) is 2.91. The van der Waals surface area contributed by atoms with E-state index in [1.54, 1.807) is 0 Å². The lowest BCUT2D eigenvalue weighted by molar-refractivity contribution is -0.122. The van der Waals surface area contributed by atoms with Gasteiger partial charge >= 0.3 is 0 Å². The normalized spacial score (nSPS) is 26.1. The third-order valence-electron chi connectivity index (χ3n) is 2.49. The van der Waals surface area contributed by atoms with E-state index in [9.17, 15) is 4.79 Å². The molecule has 0 saturated heterocycles. The molecule has 1 aliphatic rings. The molecule has 0 bridgehead atoms. The van der Waals surface area contributed by atoms with Crippen molar-refractivity contribution < 1.29 is 4.79 Å². The summed E-state index contributed by atoms with van der Waals surface area (Å²) >= 11 is 0. The summed E-state index contributed by atoms with van der Waals surface area (Å²) in [6, 6.07) is 2.32. The fourth-order valence-electron chi connectivity index (χ4n) is 1.83. The Kier molecular flexibility index (Phi) is 3.90. The number of hydrogen-bond acceptors (Lipinski definition) is 3. The molecule has 0 heterocycles. The number of rotatable bonds is 3. The molecule has 14 heavy (non-hydrogen) atoms. The molecule has 0 spiro atoms. The number of amides is 1. The topological polar surface area (TPSA) is 56.1 Å². The molecule has 1 rings (SSSR count). The number of likely N-dealkylation sites (N-methyl/N-ethyl adjacent to an activating group) is 1. The lowest BCUT2D eigenvalue weighted by Crippen LogP contribution is -2.41. The summed E-state index contributed by atoms with van der Waals surface area (Å²) in [5.74, 6) is 0.0308. The molecule has 1 saturated carbocycles. The highest BCUT2D eigenvalue weighted by atomic mass is 16.2. The Balaban J connectivity index is 2.37. The van der Waals surface area contributed by atoms with Crippen LogP contribution in [0.3, 0.4) is 0 Å². The lowest BCUT2D eigenvalue weighted by Gasteiger charge is -2.17. The van der Waals surface area contributed by atoms with E-state index >= 15 is 0 Å². The summed E-state index contributed by atoms with van der Waals surface area (Å²) in [6.45, 7) is 0.397. The van der Waals surface area contributed by atoms with Gasteiger partial charge in [-0.05, 0) is 33.4 Å². The molecule has 1 fully saturated rings. The zero-order chi connectivity index (χ0) is 10.6. The Morgan fingerprint density at radius 2 is 2.29 bits per heavy atom. The van der Waals surface area contributed by atoms with Crippen LogP contribution in [0, 0.1) is 17.2 Å². The van der Waals surface area contributed by atoms with Gasteiger partial charge < -0.3 is 10.2 Å². The standard InChI is InChI=1S/C10H17N3O/c1-13(2)7-10(14)12-9-5-3-4-8(9)6-11/h8-9H,3-5,7H2,1-2H3,(H,12,14). The minimum absolute atomic E-state index is 0.0149. The SMILES string of the molecule is CN(C)CC(=O)NC1CCCC1C#N. The number of hydrogen-bond donors (Lipinski definition) is 1. The van der Waals surface area contributed by atoms with Crippen molar-refractivity contribution in [2.75, 3.05) is 20.6 Å². The van der Waals surface area contributed by atoms with E-state index in [1.807, 2.05) is 19.0 Å². The highest BCUT2D eigenvalue weighted by molar-refractivity contribution is 5.78. The van der Waals surface area contributed by atoms with Crippen molar-refractivity contribution in [2.24, 2.45) is 5.92 Å². The third kappa shape index (κ3) is 3.00. The second kappa shape index (κ2) is 4.97. The maximum Gasteiger partial charge on any atom is 0.234 e. The van der Waals surface area contributed by atoms with Crippen molar-refractivity contribution in [3.63, 3.8) is 0 Å². The van der Waals surface area contributed by atoms with Gasteiger partial charge in [0.25, 0.3) is 0 Å². The maximum atomic E-state index is 11.4. The Morgan fingerprint density at radius 3 is 2.86 bits per heavy atom. The maximum absolute atomic E-state index is 11.4. The van der Waals surface area contributed by atoms with E-state index < -0.39 is 0 Å². The van der Waals surface area contributed by atoms with Gasteiger partial charge in [-0.1, -0.05) is 0 Å². The number of nitrogens with zero attached hydrogens (tertiary/aromatic N) is 2. The molecule has 1 amide bonds. The second-order valence-electron chi connectivity index (χ2n) is 4.08. The number of carbonyl (C=O) groups is 1. The predicted octanol–water partition coefficient (Wildman–Crippen LogP) is 0.356. The molecule has 2 unspecified atom stereocenters. The van der Waals surface area contributed by atoms with Crippen LogP contribution in [0.5, 0.6) is 0 Å². The molecule has 0 aliphatic heterocycles. The van der Waals surface area contributed by atoms with E-state index in [0.717, 1.165) is 19.3 Å². The van der Waals surface area contributed by atoms with Crippen LogP contribution >= 0.6 is 0 Å². The quantitative estimate of drug-likeness (QED) is 0.707. The number of nitrogens with one attached hydrogen (secondary N) is 1. The largest absolute Gasteiger partial charge is 0.351 e. The summed E-state index contributed by atoms with van der Waals surface area (Å²) in [4.78, 5) is 13.2. The minimum atomic E-state index is 0.0149. The highest BCUT2D eigenvalue weighted by Gasteiger charge is 2.28. The first-order valence-electron chi connectivity index (χ1n) is 4.97. The minimum Gasteiger partial charge on any atom is -0.351 e. The van der Waals surface area contributed by atoms with Crippen LogP contribution in [0.1, 0.15) is 19.3 Å². The Labute approximate surface area is 84.9 Å². The van der Waals surface area contributed by atoms with E-state index in [0.29, 0.717) is 6.54 Å². The van der Waals surface area contributed by atoms with E-state index in [4.69, 9.17) is 5.26 Å². The Hall–Kier alpha value is -1.08. The molecule has 1 N–H and O–H groups in total. The fraction of sp³-hybridized carbons (Fsp3) is 0.800. The molecule has 0 radical (unpaired) electrons. The van der Waals surface area contributed by atoms with Gasteiger partial charge in [-0.15, -0.1) is 0 Å². The van der Waals surface area contributed by atoms with Gasteiger partial charge in [-0.3, -0.25) is 4.79 Å². The van der Waals surface area contributed by atoms with Gasteiger partial charge in [0.2, 0.25) is 5.91 Å². The second-order valence-corrected chi connectivity index (χ2v) is 4.08. The van der Waals surface area contributed by atoms with Gasteiger partial charge in [-0.2, -0.15) is 5.26 Å². The van der Waals surface area contributed by atoms with Crippen molar-refractivity contribution >= 4 is 5.91 Å². The molecule has 78 valence electrons. The lowest BCUT2D eigenvalue weighted by atomic mass is 10.1. The molecule has 0 aromatic carbocycles. The average molecular weight is 195 g/mol. The molecule has 0 aromatic rings. The first kappa shape index (κ1) is 11.0. The summed E-state index contributed by atoms with van der Waals surface area (Å²) in [7, 11) is 3.71. The zero-order valence-corrected chi connectivity index (χ0v) is 8.79. The first-order chi connectivity index (χ1) is 6.63. The molecule has 4 nitrogen and oxygen atoms in total. The average Bonchev–Trinajstić information content (AvgIpc) is 2.50.